The van der Waals surface area contributed by atoms with E-state index in [9.17, 15) is 34.2 Å². The van der Waals surface area contributed by atoms with E-state index in [4.69, 9.17) is 23.7 Å². The Morgan fingerprint density at radius 3 is 1.70 bits per heavy atom. The molecule has 0 spiro atoms. The smallest absolute Gasteiger partial charge is 0.333 e. The van der Waals surface area contributed by atoms with Gasteiger partial charge in [-0.1, -0.05) is 33.2 Å². The molecule has 10 aliphatic carbocycles. The van der Waals surface area contributed by atoms with Crippen molar-refractivity contribution in [2.45, 2.75) is 159 Å². The van der Waals surface area contributed by atoms with Gasteiger partial charge in [0.1, 0.15) is 30.0 Å². The second-order valence-electron chi connectivity index (χ2n) is 21.4. The summed E-state index contributed by atoms with van der Waals surface area (Å²) >= 11 is 0. The summed E-state index contributed by atoms with van der Waals surface area (Å²) in [5, 5.41) is 21.0. The summed E-state index contributed by atoms with van der Waals surface area (Å²) in [5.74, 6) is 2.57. The zero-order chi connectivity index (χ0) is 46.4. The van der Waals surface area contributed by atoms with Crippen molar-refractivity contribution in [3.8, 4) is 0 Å². The summed E-state index contributed by atoms with van der Waals surface area (Å²) < 4.78 is 27.1. The van der Waals surface area contributed by atoms with Gasteiger partial charge in [-0.05, 0) is 142 Å². The number of rotatable bonds is 11. The third-order valence-corrected chi connectivity index (χ3v) is 15.4. The molecule has 350 valence electrons. The van der Waals surface area contributed by atoms with Gasteiger partial charge in [-0.15, -0.1) is 0 Å². The molecule has 13 nitrogen and oxygen atoms in total. The molecule has 10 saturated carbocycles. The number of hydrogen-bond acceptors (Lipinski definition) is 13. The lowest BCUT2D eigenvalue weighted by atomic mass is 9.49. The van der Waals surface area contributed by atoms with Crippen LogP contribution in [0, 0.1) is 47.3 Å². The minimum Gasteiger partial charge on any atom is -0.461 e. The number of carbonyl (C=O) groups excluding carboxylic acids is 5. The first kappa shape index (κ1) is 48.6. The van der Waals surface area contributed by atoms with Crippen LogP contribution in [0.1, 0.15) is 125 Å². The quantitative estimate of drug-likeness (QED) is 0.127. The lowest BCUT2D eigenvalue weighted by Crippen LogP contribution is -2.66. The Bertz CT molecular complexity index is 1820. The van der Waals surface area contributed by atoms with Crippen molar-refractivity contribution in [2.75, 3.05) is 27.2 Å². The maximum absolute atomic E-state index is 12.0. The SMILES string of the molecule is C=C(C)C(=O)OC1(CC)C2CC3CC(C2)CC1C3.C=C(C)C(=O)OC12CC3CC(O)(CC(O)(C3)C1)C2.C=C(C)C(=O)OC1C2CC3C(=O)OC1C3C2.C=C(C)C(=O)OCCN(C)C. The Labute approximate surface area is 374 Å². The second-order valence-corrected chi connectivity index (χ2v) is 21.4. The van der Waals surface area contributed by atoms with Crippen LogP contribution in [0.5, 0.6) is 0 Å². The highest BCUT2D eigenvalue weighted by Gasteiger charge is 2.65. The van der Waals surface area contributed by atoms with Crippen molar-refractivity contribution < 1.29 is 57.9 Å². The highest BCUT2D eigenvalue weighted by molar-refractivity contribution is 5.88. The molecule has 2 N–H and O–H groups in total. The van der Waals surface area contributed by atoms with Gasteiger partial charge < -0.3 is 38.8 Å². The van der Waals surface area contributed by atoms with E-state index in [0.29, 0.717) is 65.9 Å². The van der Waals surface area contributed by atoms with Gasteiger partial charge in [0.05, 0.1) is 17.1 Å². The monoisotopic (exact) mass is 880 g/mol. The molecule has 7 unspecified atom stereocenters. The highest BCUT2D eigenvalue weighted by Crippen LogP contribution is 2.62. The van der Waals surface area contributed by atoms with Crippen LogP contribution in [0.2, 0.25) is 0 Å². The van der Waals surface area contributed by atoms with Crippen LogP contribution in [0.4, 0.5) is 0 Å². The maximum atomic E-state index is 12.0. The minimum absolute atomic E-state index is 0.0646. The lowest BCUT2D eigenvalue weighted by Gasteiger charge is -2.62. The molecule has 7 atom stereocenters. The molecule has 11 aliphatic rings. The van der Waals surface area contributed by atoms with Crippen molar-refractivity contribution in [1.29, 1.82) is 0 Å². The molecule has 11 fully saturated rings. The van der Waals surface area contributed by atoms with Gasteiger partial charge in [-0.25, -0.2) is 19.2 Å². The number of hydrogen-bond donors (Lipinski definition) is 2. The van der Waals surface area contributed by atoms with Gasteiger partial charge >= 0.3 is 29.8 Å². The molecule has 1 aliphatic heterocycles. The van der Waals surface area contributed by atoms with Gasteiger partial charge in [0.15, 0.2) is 0 Å². The van der Waals surface area contributed by atoms with Gasteiger partial charge in [-0.3, -0.25) is 4.79 Å². The van der Waals surface area contributed by atoms with Crippen LogP contribution in [0.25, 0.3) is 0 Å². The van der Waals surface area contributed by atoms with Crippen LogP contribution >= 0.6 is 0 Å². The molecular weight excluding hydrogens is 807 g/mol. The van der Waals surface area contributed by atoms with E-state index in [-0.39, 0.29) is 59.4 Å². The van der Waals surface area contributed by atoms with Crippen LogP contribution < -0.4 is 0 Å². The van der Waals surface area contributed by atoms with E-state index >= 15 is 0 Å². The number of nitrogens with zero attached hydrogens (tertiary/aromatic N) is 1. The predicted molar refractivity (Wildman–Crippen MR) is 234 cm³/mol. The molecular formula is C50H73NO12. The first-order valence-corrected chi connectivity index (χ1v) is 23.2. The largest absolute Gasteiger partial charge is 0.461 e. The molecule has 0 aromatic rings. The fraction of sp³-hybridized carbons (Fsp3) is 0.740. The van der Waals surface area contributed by atoms with Gasteiger partial charge in [0, 0.05) is 59.9 Å². The standard InChI is InChI=1S/C16H24O2.C14H20O4.C12H14O4.C8H15NO2/c1-4-16(18-15(17)10(2)3)13-6-11-5-12(8-13)9-14(16)7-11;1-9(2)11(15)18-14-5-10-3-12(16,7-14)6-13(17,4-10)8-14;1-5(2)11(13)15-9-6-3-7-8(4-6)12(14)16-10(7)9;1-7(2)8(10)11-6-5-9(3)4/h11-14H,2,4-9H2,1,3H3;10,16-17H,1,3-8H2,2H3;6-10H,1,3-4H2,2H3;1,5-6H2,2-4H3. The highest BCUT2D eigenvalue weighted by atomic mass is 16.6. The van der Waals surface area contributed by atoms with E-state index in [1.54, 1.807) is 27.7 Å². The molecule has 0 amide bonds. The normalized spacial score (nSPS) is 39.6. The third kappa shape index (κ3) is 10.5. The summed E-state index contributed by atoms with van der Waals surface area (Å²) in [6.07, 6.45) is 12.4. The Hall–Kier alpha value is -3.81. The average Bonchev–Trinajstić information content (AvgIpc) is 3.80. The maximum Gasteiger partial charge on any atom is 0.333 e. The number of ether oxygens (including phenoxy) is 5. The van der Waals surface area contributed by atoms with E-state index in [2.05, 4.69) is 33.2 Å². The molecule has 1 heterocycles. The van der Waals surface area contributed by atoms with Gasteiger partial charge in [0.2, 0.25) is 0 Å². The summed E-state index contributed by atoms with van der Waals surface area (Å²) in [7, 11) is 3.85. The van der Waals surface area contributed by atoms with Crippen LogP contribution in [0.15, 0.2) is 48.6 Å². The van der Waals surface area contributed by atoms with Crippen molar-refractivity contribution in [2.24, 2.45) is 47.3 Å². The summed E-state index contributed by atoms with van der Waals surface area (Å²) in [5.41, 5.74) is -0.816. The molecule has 11 rings (SSSR count). The fourth-order valence-corrected chi connectivity index (χ4v) is 13.4. The Kier molecular flexibility index (Phi) is 14.4. The van der Waals surface area contributed by atoms with Crippen LogP contribution in [-0.4, -0.2) is 107 Å². The zero-order valence-electron chi connectivity index (χ0n) is 38.8. The third-order valence-electron chi connectivity index (χ3n) is 15.4. The van der Waals surface area contributed by atoms with E-state index in [1.807, 2.05) is 19.0 Å². The molecule has 63 heavy (non-hydrogen) atoms. The number of fused-ring (bicyclic) bond motifs is 1. The topological polar surface area (TPSA) is 175 Å². The predicted octanol–water partition coefficient (Wildman–Crippen LogP) is 6.74. The fourth-order valence-electron chi connectivity index (χ4n) is 13.4. The van der Waals surface area contributed by atoms with Gasteiger partial charge in [0.25, 0.3) is 0 Å². The zero-order valence-corrected chi connectivity index (χ0v) is 38.8. The van der Waals surface area contributed by atoms with E-state index in [1.165, 1.54) is 32.1 Å². The molecule has 0 aromatic heterocycles. The number of esters is 5. The summed E-state index contributed by atoms with van der Waals surface area (Å²) in [6, 6.07) is 0. The van der Waals surface area contributed by atoms with Crippen molar-refractivity contribution in [3.63, 3.8) is 0 Å². The van der Waals surface area contributed by atoms with Crippen molar-refractivity contribution in [3.05, 3.63) is 48.6 Å². The number of carbonyl (C=O) groups is 5. The number of aliphatic hydroxyl groups is 2. The van der Waals surface area contributed by atoms with E-state index in [0.717, 1.165) is 56.9 Å². The molecule has 10 bridgehead atoms. The molecule has 0 radical (unpaired) electrons. The van der Waals surface area contributed by atoms with Crippen molar-refractivity contribution in [1.82, 2.24) is 4.90 Å². The van der Waals surface area contributed by atoms with Crippen LogP contribution in [0.3, 0.4) is 0 Å². The van der Waals surface area contributed by atoms with Gasteiger partial charge in [-0.2, -0.15) is 0 Å². The Balaban J connectivity index is 0.000000142. The molecule has 0 aromatic carbocycles. The van der Waals surface area contributed by atoms with E-state index < -0.39 is 22.8 Å². The number of likely N-dealkylation sites (N-methyl/N-ethyl adjacent to an activating group) is 1. The first-order valence-electron chi connectivity index (χ1n) is 23.2. The Morgan fingerprint density at radius 1 is 0.698 bits per heavy atom. The minimum atomic E-state index is -0.858. The second kappa shape index (κ2) is 18.6. The molecule has 1 saturated heterocycles. The lowest BCUT2D eigenvalue weighted by molar-refractivity contribution is -0.260. The Morgan fingerprint density at radius 2 is 1.22 bits per heavy atom. The average molecular weight is 880 g/mol. The molecule has 13 heteroatoms. The van der Waals surface area contributed by atoms with Crippen LogP contribution in [-0.2, 0) is 47.7 Å². The summed E-state index contributed by atoms with van der Waals surface area (Å²) in [4.78, 5) is 59.4. The first-order chi connectivity index (χ1) is 29.4. The van der Waals surface area contributed by atoms with Crippen molar-refractivity contribution >= 4 is 29.8 Å². The summed E-state index contributed by atoms with van der Waals surface area (Å²) in [6.45, 7) is 24.3.